The molecule has 486 valence electrons. The quantitative estimate of drug-likeness (QED) is 0.0120. The number of nitrogens with zero attached hydrogens (tertiary/aromatic N) is 2. The van der Waals surface area contributed by atoms with Gasteiger partial charge >= 0.3 is 5.97 Å². The van der Waals surface area contributed by atoms with Crippen LogP contribution in [-0.2, 0) is 47.5 Å². The maximum atomic E-state index is 12.0. The number of carboxylic acids is 3. The Balaban J connectivity index is 0. The van der Waals surface area contributed by atoms with E-state index in [1.165, 1.54) is 163 Å². The van der Waals surface area contributed by atoms with Crippen molar-refractivity contribution >= 4 is 84.0 Å². The Morgan fingerprint density at radius 3 is 0.988 bits per heavy atom. The lowest BCUT2D eigenvalue weighted by Gasteiger charge is -2.04. The van der Waals surface area contributed by atoms with Crippen molar-refractivity contribution in [2.45, 2.75) is 227 Å². The maximum absolute atomic E-state index is 12.0. The molecule has 20 nitrogen and oxygen atoms in total. The molecule has 86 heavy (non-hydrogen) atoms. The number of carbonyl (C=O) groups is 7. The third-order valence-corrected chi connectivity index (χ3v) is 14.9. The molecular formula is C62H100N6O14S4. The standard InChI is InChI=1S/2C13H13N3O4S2.2C10H20O2.C8H16O2.C8H18/c2*1-22(19,20)15-14-13(18)10-4-2-6-16(8-10)9-11(17)12-5-3-7-21-12;2*1-2-3-4-5-6-7-8-9-10(11)12;1-2-3-4-5-6-7-8(9)10;1-3-5-7-8-6-4-2/h2*2-8,15H,9H2,1H3;2*2-9H2,1H3,(H,11,12);2-7H2,1H3,(H,9,10);3-8H2,1-2H3. The number of aliphatic carboxylic acids is 3. The molecule has 0 spiro atoms. The topological polar surface area (TPSA) is 310 Å². The number of hydrazine groups is 2. The Bertz CT molecular complexity index is 2500. The average molecular weight is 1280 g/mol. The van der Waals surface area contributed by atoms with Crippen molar-refractivity contribution in [1.29, 1.82) is 0 Å². The number of Topliss-reactive ketones (excluding diaryl/α,β-unsaturated/α-hetero) is 2. The fraction of sp³-hybridized carbons (Fsp3) is 0.597. The van der Waals surface area contributed by atoms with Crippen molar-refractivity contribution in [3.63, 3.8) is 0 Å². The molecule has 4 rings (SSSR count). The molecule has 4 heterocycles. The zero-order valence-electron chi connectivity index (χ0n) is 52.1. The summed E-state index contributed by atoms with van der Waals surface area (Å²) < 4.78 is 46.9. The van der Waals surface area contributed by atoms with Crippen LogP contribution in [-0.4, -0.2) is 75.7 Å². The fourth-order valence-corrected chi connectivity index (χ4v) is 9.35. The van der Waals surface area contributed by atoms with Gasteiger partial charge in [-0.2, -0.15) is 9.13 Å². The lowest BCUT2D eigenvalue weighted by atomic mass is 10.1. The number of sulfonamides is 2. The Morgan fingerprint density at radius 2 is 0.733 bits per heavy atom. The van der Waals surface area contributed by atoms with Gasteiger partial charge in [-0.05, 0) is 67.1 Å². The summed E-state index contributed by atoms with van der Waals surface area (Å²) in [5.74, 6) is -3.84. The van der Waals surface area contributed by atoms with Crippen LogP contribution in [0.4, 0.5) is 0 Å². The molecule has 0 unspecified atom stereocenters. The van der Waals surface area contributed by atoms with Gasteiger partial charge in [0.15, 0.2) is 24.8 Å². The molecule has 5 N–H and O–H groups in total. The van der Waals surface area contributed by atoms with Crippen molar-refractivity contribution in [3.8, 4) is 0 Å². The molecule has 0 aliphatic heterocycles. The van der Waals surface area contributed by atoms with Crippen molar-refractivity contribution in [3.05, 3.63) is 105 Å². The molecule has 0 saturated carbocycles. The van der Waals surface area contributed by atoms with Crippen LogP contribution < -0.4 is 39.9 Å². The van der Waals surface area contributed by atoms with E-state index in [0.717, 1.165) is 57.5 Å². The molecule has 0 bridgehead atoms. The second-order valence-corrected chi connectivity index (χ2v) is 25.8. The first-order valence-electron chi connectivity index (χ1n) is 30.2. The van der Waals surface area contributed by atoms with Gasteiger partial charge in [0.25, 0.3) is 11.8 Å². The summed E-state index contributed by atoms with van der Waals surface area (Å²) in [7, 11) is -7.05. The number of rotatable bonds is 39. The summed E-state index contributed by atoms with van der Waals surface area (Å²) >= 11 is 2.71. The molecule has 0 radical (unpaired) electrons. The third-order valence-electron chi connectivity index (χ3n) is 12.1. The van der Waals surface area contributed by atoms with Gasteiger partial charge < -0.3 is 24.9 Å². The molecule has 0 fully saturated rings. The van der Waals surface area contributed by atoms with Gasteiger partial charge in [0, 0.05) is 30.5 Å². The number of carboxylic acid groups (broad SMARTS) is 3. The zero-order chi connectivity index (χ0) is 64.9. The van der Waals surface area contributed by atoms with E-state index in [9.17, 15) is 60.6 Å². The first-order chi connectivity index (χ1) is 40.9. The normalized spacial score (nSPS) is 10.5. The van der Waals surface area contributed by atoms with Crippen molar-refractivity contribution in [2.75, 3.05) is 12.5 Å². The highest BCUT2D eigenvalue weighted by Crippen LogP contribution is 2.12. The van der Waals surface area contributed by atoms with Gasteiger partial charge in [-0.15, -0.1) is 32.3 Å². The SMILES string of the molecule is CCCCCCCC.CCCCCCCC(=O)[O-].CCCCCCCCCC(=O)O.CCCCCCCCCC(=O)[O-].CS(=O)(=O)NNC(=O)c1ccc[n+](CC(=O)c2cccs2)c1.CS(=O)(=O)NNC(=O)c1ccc[n+](CC(=O)c2cccs2)c1. The Kier molecular flexibility index (Phi) is 51.1. The van der Waals surface area contributed by atoms with E-state index >= 15 is 0 Å². The van der Waals surface area contributed by atoms with E-state index < -0.39 is 49.8 Å². The number of nitrogens with one attached hydrogen (secondary N) is 4. The van der Waals surface area contributed by atoms with E-state index in [0.29, 0.717) is 16.2 Å². The maximum Gasteiger partial charge on any atom is 0.303 e. The number of unbranched alkanes of at least 4 members (excludes halogenated alkanes) is 21. The van der Waals surface area contributed by atoms with Gasteiger partial charge in [-0.25, -0.2) is 16.8 Å². The number of pyridine rings is 2. The van der Waals surface area contributed by atoms with Crippen LogP contribution in [0.1, 0.15) is 254 Å². The number of amides is 2. The molecule has 0 atom stereocenters. The molecule has 4 aromatic rings. The number of ketones is 2. The number of hydrogen-bond acceptors (Lipinski definition) is 15. The monoisotopic (exact) mass is 1280 g/mol. The van der Waals surface area contributed by atoms with Crippen molar-refractivity contribution in [1.82, 2.24) is 20.5 Å². The number of aromatic nitrogens is 2. The first-order valence-corrected chi connectivity index (χ1v) is 35.7. The summed E-state index contributed by atoms with van der Waals surface area (Å²) in [4.78, 5) is 82.8. The van der Waals surface area contributed by atoms with Crippen LogP contribution in [0.2, 0.25) is 0 Å². The fourth-order valence-electron chi connectivity index (χ4n) is 7.48. The summed E-state index contributed by atoms with van der Waals surface area (Å²) in [6.45, 7) is 11.2. The number of hydrogen-bond donors (Lipinski definition) is 5. The highest BCUT2D eigenvalue weighted by molar-refractivity contribution is 7.88. The summed E-state index contributed by atoms with van der Waals surface area (Å²) in [5.41, 5.74) is 4.62. The van der Waals surface area contributed by atoms with Crippen molar-refractivity contribution < 1.29 is 74.9 Å². The molecule has 24 heteroatoms. The summed E-state index contributed by atoms with van der Waals surface area (Å²) in [6.07, 6.45) is 39.2. The predicted molar refractivity (Wildman–Crippen MR) is 337 cm³/mol. The van der Waals surface area contributed by atoms with Gasteiger partial charge in [0.2, 0.25) is 44.7 Å². The van der Waals surface area contributed by atoms with Crippen LogP contribution in [0, 0.1) is 0 Å². The summed E-state index contributed by atoms with van der Waals surface area (Å²) in [6, 6.07) is 13.3. The largest absolute Gasteiger partial charge is 0.550 e. The highest BCUT2D eigenvalue weighted by atomic mass is 32.2. The second-order valence-electron chi connectivity index (χ2n) is 20.4. The molecular weight excluding hydrogens is 1180 g/mol. The summed E-state index contributed by atoms with van der Waals surface area (Å²) in [5, 5.41) is 31.9. The van der Waals surface area contributed by atoms with Crippen LogP contribution in [0.15, 0.2) is 84.1 Å². The van der Waals surface area contributed by atoms with E-state index in [4.69, 9.17) is 5.11 Å². The van der Waals surface area contributed by atoms with Gasteiger partial charge in [-0.3, -0.25) is 34.8 Å². The lowest BCUT2D eigenvalue weighted by Crippen LogP contribution is -2.43. The Hall–Kier alpha value is -5.79. The Morgan fingerprint density at radius 1 is 0.442 bits per heavy atom. The van der Waals surface area contributed by atoms with Crippen LogP contribution in [0.5, 0.6) is 0 Å². The molecule has 0 aromatic carbocycles. The minimum Gasteiger partial charge on any atom is -0.550 e. The van der Waals surface area contributed by atoms with E-state index in [-0.39, 0.29) is 48.6 Å². The number of carbonyl (C=O) groups excluding carboxylic acids is 6. The predicted octanol–water partition coefficient (Wildman–Crippen LogP) is 9.78. The van der Waals surface area contributed by atoms with E-state index in [2.05, 4.69) is 45.5 Å². The molecule has 0 aliphatic rings. The van der Waals surface area contributed by atoms with Crippen LogP contribution in [0.3, 0.4) is 0 Å². The van der Waals surface area contributed by atoms with E-state index in [1.54, 1.807) is 57.9 Å². The average Bonchev–Trinajstić information content (AvgIpc) is 3.57. The van der Waals surface area contributed by atoms with Gasteiger partial charge in [0.05, 0.1) is 22.3 Å². The van der Waals surface area contributed by atoms with Crippen LogP contribution in [0.25, 0.3) is 0 Å². The molecule has 0 aliphatic carbocycles. The molecule has 0 saturated heterocycles. The zero-order valence-corrected chi connectivity index (χ0v) is 55.3. The lowest BCUT2D eigenvalue weighted by molar-refractivity contribution is -0.683. The second kappa shape index (κ2) is 53.4. The minimum atomic E-state index is -3.53. The van der Waals surface area contributed by atoms with Crippen molar-refractivity contribution in [2.24, 2.45) is 0 Å². The molecule has 4 aromatic heterocycles. The van der Waals surface area contributed by atoms with Crippen LogP contribution >= 0.6 is 22.7 Å². The van der Waals surface area contributed by atoms with Gasteiger partial charge in [0.1, 0.15) is 11.1 Å². The molecule has 2 amide bonds. The van der Waals surface area contributed by atoms with E-state index in [1.807, 2.05) is 20.4 Å². The van der Waals surface area contributed by atoms with Gasteiger partial charge in [-0.1, -0.05) is 188 Å². The third kappa shape index (κ3) is 52.5. The smallest absolute Gasteiger partial charge is 0.303 e. The minimum absolute atomic E-state index is 0.0631. The number of thiophene rings is 2. The highest BCUT2D eigenvalue weighted by Gasteiger charge is 2.18. The first kappa shape index (κ1) is 82.3. The Labute approximate surface area is 521 Å².